The first-order valence-corrected chi connectivity index (χ1v) is 7.42. The summed E-state index contributed by atoms with van der Waals surface area (Å²) >= 11 is 0. The van der Waals surface area contributed by atoms with Crippen molar-refractivity contribution in [1.29, 1.82) is 0 Å². The van der Waals surface area contributed by atoms with Gasteiger partial charge in [-0.05, 0) is 39.3 Å². The van der Waals surface area contributed by atoms with Crippen molar-refractivity contribution in [3.63, 3.8) is 0 Å². The Morgan fingerprint density at radius 1 is 1.26 bits per heavy atom. The first-order valence-electron chi connectivity index (χ1n) is 7.42. The fraction of sp³-hybridized carbons (Fsp3) is 0.438. The Kier molecular flexibility index (Phi) is 4.58. The number of imide groups is 1. The average Bonchev–Trinajstić information content (AvgIpc) is 2.67. The van der Waals surface area contributed by atoms with Crippen LogP contribution in [0.2, 0.25) is 0 Å². The average molecular weight is 319 g/mol. The minimum absolute atomic E-state index is 0.210. The molecule has 0 aliphatic carbocycles. The molecule has 7 nitrogen and oxygen atoms in total. The number of benzene rings is 1. The van der Waals surface area contributed by atoms with E-state index in [4.69, 9.17) is 10.5 Å². The molecule has 1 aromatic carbocycles. The Bertz CT molecular complexity index is 649. The number of ether oxygens (including phenoxy) is 1. The molecule has 7 heteroatoms. The second-order valence-corrected chi connectivity index (χ2v) is 6.31. The molecule has 0 radical (unpaired) electrons. The van der Waals surface area contributed by atoms with Gasteiger partial charge in [-0.2, -0.15) is 0 Å². The quantitative estimate of drug-likeness (QED) is 0.500. The van der Waals surface area contributed by atoms with Crippen LogP contribution in [-0.4, -0.2) is 41.5 Å². The highest BCUT2D eigenvalue weighted by Gasteiger charge is 2.36. The Morgan fingerprint density at radius 2 is 1.96 bits per heavy atom. The van der Waals surface area contributed by atoms with Crippen molar-refractivity contribution in [3.8, 4) is 0 Å². The molecule has 0 saturated carbocycles. The lowest BCUT2D eigenvalue weighted by Gasteiger charge is -2.20. The second kappa shape index (κ2) is 6.28. The van der Waals surface area contributed by atoms with E-state index in [1.165, 1.54) is 0 Å². The van der Waals surface area contributed by atoms with Gasteiger partial charge in [0.2, 0.25) is 0 Å². The fourth-order valence-electron chi connectivity index (χ4n) is 2.30. The van der Waals surface area contributed by atoms with Gasteiger partial charge < -0.3 is 15.8 Å². The first kappa shape index (κ1) is 16.8. The van der Waals surface area contributed by atoms with E-state index in [1.54, 1.807) is 39.0 Å². The molecule has 23 heavy (non-hydrogen) atoms. The summed E-state index contributed by atoms with van der Waals surface area (Å²) in [5.41, 5.74) is 6.09. The lowest BCUT2D eigenvalue weighted by Crippen LogP contribution is -2.36. The minimum atomic E-state index is -0.565. The topological polar surface area (TPSA) is 102 Å². The van der Waals surface area contributed by atoms with Gasteiger partial charge in [-0.1, -0.05) is 6.07 Å². The van der Waals surface area contributed by atoms with Crippen molar-refractivity contribution in [2.45, 2.75) is 32.8 Å². The van der Waals surface area contributed by atoms with Crippen LogP contribution >= 0.6 is 0 Å². The fourth-order valence-corrected chi connectivity index (χ4v) is 2.30. The summed E-state index contributed by atoms with van der Waals surface area (Å²) in [7, 11) is 0. The summed E-state index contributed by atoms with van der Waals surface area (Å²) in [5.74, 6) is -0.741. The van der Waals surface area contributed by atoms with Gasteiger partial charge in [0, 0.05) is 18.8 Å². The van der Waals surface area contributed by atoms with Crippen LogP contribution in [-0.2, 0) is 4.74 Å². The molecule has 0 aromatic heterocycles. The number of amides is 3. The van der Waals surface area contributed by atoms with E-state index in [1.807, 2.05) is 0 Å². The Balaban J connectivity index is 1.86. The van der Waals surface area contributed by atoms with Crippen molar-refractivity contribution >= 4 is 23.6 Å². The third kappa shape index (κ3) is 3.80. The monoisotopic (exact) mass is 319 g/mol. The summed E-state index contributed by atoms with van der Waals surface area (Å²) < 4.78 is 5.10. The molecule has 1 heterocycles. The Hall–Kier alpha value is -2.57. The highest BCUT2D eigenvalue weighted by atomic mass is 16.6. The lowest BCUT2D eigenvalue weighted by molar-refractivity contribution is 0.0526. The maximum absolute atomic E-state index is 12.3. The van der Waals surface area contributed by atoms with Gasteiger partial charge >= 0.3 is 6.09 Å². The highest BCUT2D eigenvalue weighted by Crippen LogP contribution is 2.27. The number of hydrogen-bond donors (Lipinski definition) is 2. The van der Waals surface area contributed by atoms with E-state index >= 15 is 0 Å². The third-order valence-electron chi connectivity index (χ3n) is 3.26. The Morgan fingerprint density at radius 3 is 2.57 bits per heavy atom. The number of nitrogens with one attached hydrogen (secondary N) is 1. The standard InChI is InChI=1S/C16H21N3O4/c1-16(2,3)23-15(22)18-8-5-9-19-13(20)10-6-4-7-11(17)12(10)14(19)21/h4,6-7H,5,8-9,17H2,1-3H3,(H,18,22). The molecule has 2 rings (SSSR count). The summed E-state index contributed by atoms with van der Waals surface area (Å²) in [4.78, 5) is 37.1. The number of nitrogens with zero attached hydrogens (tertiary/aromatic N) is 1. The number of fused-ring (bicyclic) bond motifs is 1. The predicted molar refractivity (Wildman–Crippen MR) is 85.1 cm³/mol. The van der Waals surface area contributed by atoms with E-state index in [2.05, 4.69) is 5.32 Å². The molecule has 124 valence electrons. The Labute approximate surface area is 134 Å². The molecule has 0 spiro atoms. The molecule has 3 N–H and O–H groups in total. The SMILES string of the molecule is CC(C)(C)OC(=O)NCCCN1C(=O)c2cccc(N)c2C1=O. The normalized spacial score (nSPS) is 14.0. The maximum Gasteiger partial charge on any atom is 0.407 e. The van der Waals surface area contributed by atoms with Crippen LogP contribution in [0.25, 0.3) is 0 Å². The van der Waals surface area contributed by atoms with Crippen molar-refractivity contribution in [1.82, 2.24) is 10.2 Å². The molecule has 0 atom stereocenters. The van der Waals surface area contributed by atoms with Crippen LogP contribution in [0.5, 0.6) is 0 Å². The van der Waals surface area contributed by atoms with Gasteiger partial charge in [-0.3, -0.25) is 14.5 Å². The molecule has 3 amide bonds. The number of nitrogens with two attached hydrogens (primary N) is 1. The van der Waals surface area contributed by atoms with Crippen molar-refractivity contribution in [3.05, 3.63) is 29.3 Å². The molecule has 1 aliphatic rings. The van der Waals surface area contributed by atoms with Gasteiger partial charge in [-0.15, -0.1) is 0 Å². The van der Waals surface area contributed by atoms with E-state index in [0.717, 1.165) is 4.90 Å². The van der Waals surface area contributed by atoms with Gasteiger partial charge in [0.25, 0.3) is 11.8 Å². The number of carbonyl (C=O) groups excluding carboxylic acids is 3. The van der Waals surface area contributed by atoms with Crippen LogP contribution < -0.4 is 11.1 Å². The van der Waals surface area contributed by atoms with E-state index < -0.39 is 11.7 Å². The van der Waals surface area contributed by atoms with Gasteiger partial charge in [0.1, 0.15) is 5.60 Å². The van der Waals surface area contributed by atoms with Crippen LogP contribution in [0, 0.1) is 0 Å². The van der Waals surface area contributed by atoms with Gasteiger partial charge in [-0.25, -0.2) is 4.79 Å². The van der Waals surface area contributed by atoms with Crippen molar-refractivity contribution in [2.75, 3.05) is 18.8 Å². The zero-order valence-electron chi connectivity index (χ0n) is 13.5. The molecule has 0 unspecified atom stereocenters. The third-order valence-corrected chi connectivity index (χ3v) is 3.26. The lowest BCUT2D eigenvalue weighted by atomic mass is 10.1. The van der Waals surface area contributed by atoms with Crippen LogP contribution in [0.3, 0.4) is 0 Å². The predicted octanol–water partition coefficient (Wildman–Crippen LogP) is 1.78. The smallest absolute Gasteiger partial charge is 0.407 e. The van der Waals surface area contributed by atoms with Crippen LogP contribution in [0.1, 0.15) is 47.9 Å². The number of rotatable bonds is 4. The van der Waals surface area contributed by atoms with E-state index in [-0.39, 0.29) is 23.9 Å². The maximum atomic E-state index is 12.3. The van der Waals surface area contributed by atoms with Crippen molar-refractivity contribution in [2.24, 2.45) is 0 Å². The summed E-state index contributed by atoms with van der Waals surface area (Å²) in [6.07, 6.45) is -0.0888. The number of nitrogen functional groups attached to an aromatic ring is 1. The first-order chi connectivity index (χ1) is 10.7. The number of hydrogen-bond acceptors (Lipinski definition) is 5. The molecule has 1 aliphatic heterocycles. The molecule has 0 bridgehead atoms. The summed E-state index contributed by atoms with van der Waals surface area (Å²) in [6, 6.07) is 4.83. The second-order valence-electron chi connectivity index (χ2n) is 6.31. The summed E-state index contributed by atoms with van der Waals surface area (Å²) in [5, 5.41) is 2.59. The number of carbonyl (C=O) groups is 3. The molecule has 0 fully saturated rings. The van der Waals surface area contributed by atoms with Crippen LogP contribution in [0.15, 0.2) is 18.2 Å². The minimum Gasteiger partial charge on any atom is -0.444 e. The molecular formula is C16H21N3O4. The van der Waals surface area contributed by atoms with Crippen LogP contribution in [0.4, 0.5) is 10.5 Å². The van der Waals surface area contributed by atoms with Gasteiger partial charge in [0.15, 0.2) is 0 Å². The molecular weight excluding hydrogens is 298 g/mol. The largest absolute Gasteiger partial charge is 0.444 e. The number of anilines is 1. The molecule has 1 aromatic rings. The van der Waals surface area contributed by atoms with E-state index in [9.17, 15) is 14.4 Å². The molecule has 0 saturated heterocycles. The highest BCUT2D eigenvalue weighted by molar-refractivity contribution is 6.23. The number of alkyl carbamates (subject to hydrolysis) is 1. The van der Waals surface area contributed by atoms with Crippen molar-refractivity contribution < 1.29 is 19.1 Å². The zero-order chi connectivity index (χ0) is 17.2. The summed E-state index contributed by atoms with van der Waals surface area (Å²) in [6.45, 7) is 5.83. The zero-order valence-corrected chi connectivity index (χ0v) is 13.5. The van der Waals surface area contributed by atoms with Gasteiger partial charge in [0.05, 0.1) is 11.1 Å². The van der Waals surface area contributed by atoms with E-state index in [0.29, 0.717) is 24.2 Å².